The van der Waals surface area contributed by atoms with Gasteiger partial charge in [0.05, 0.1) is 13.2 Å². The summed E-state index contributed by atoms with van der Waals surface area (Å²) in [6.07, 6.45) is 5.42. The second kappa shape index (κ2) is 6.10. The third kappa shape index (κ3) is 3.62. The number of ether oxygens (including phenoxy) is 1. The van der Waals surface area contributed by atoms with E-state index in [1.807, 2.05) is 6.07 Å². The molecular weight excluding hydrogens is 248 g/mol. The number of hydrogen-bond acceptors (Lipinski definition) is 4. The van der Waals surface area contributed by atoms with Crippen LogP contribution in [0.3, 0.4) is 0 Å². The highest BCUT2D eigenvalue weighted by atomic mass is 16.5. The highest BCUT2D eigenvalue weighted by molar-refractivity contribution is 5.92. The van der Waals surface area contributed by atoms with Gasteiger partial charge in [0.25, 0.3) is 0 Å². The number of nitrogens with zero attached hydrogens (tertiary/aromatic N) is 2. The van der Waals surface area contributed by atoms with Gasteiger partial charge in [-0.1, -0.05) is 6.07 Å². The predicted octanol–water partition coefficient (Wildman–Crippen LogP) is 0.407. The average molecular weight is 262 g/mol. The first-order valence-corrected chi connectivity index (χ1v) is 5.88. The van der Waals surface area contributed by atoms with Crippen molar-refractivity contribution in [1.82, 2.24) is 9.88 Å². The van der Waals surface area contributed by atoms with E-state index in [0.717, 1.165) is 5.56 Å². The molecule has 1 N–H and O–H groups in total. The first-order valence-electron chi connectivity index (χ1n) is 5.88. The molecule has 1 saturated heterocycles. The number of amides is 1. The summed E-state index contributed by atoms with van der Waals surface area (Å²) in [5.74, 6) is -1.27. The molecule has 2 heterocycles. The van der Waals surface area contributed by atoms with Crippen molar-refractivity contribution in [3.05, 3.63) is 36.2 Å². The number of hydrogen-bond donors (Lipinski definition) is 1. The summed E-state index contributed by atoms with van der Waals surface area (Å²) >= 11 is 0. The number of morpholine rings is 1. The summed E-state index contributed by atoms with van der Waals surface area (Å²) in [7, 11) is 0. The van der Waals surface area contributed by atoms with Gasteiger partial charge in [0.2, 0.25) is 5.91 Å². The fourth-order valence-electron chi connectivity index (χ4n) is 1.75. The van der Waals surface area contributed by atoms with Crippen LogP contribution < -0.4 is 0 Å². The fourth-order valence-corrected chi connectivity index (χ4v) is 1.75. The molecule has 0 aromatic carbocycles. The molecule has 0 radical (unpaired) electrons. The molecule has 0 unspecified atom stereocenters. The van der Waals surface area contributed by atoms with Gasteiger partial charge in [-0.05, 0) is 17.7 Å². The van der Waals surface area contributed by atoms with Crippen LogP contribution in [-0.4, -0.2) is 52.7 Å². The van der Waals surface area contributed by atoms with Crippen LogP contribution in [0.1, 0.15) is 5.56 Å². The molecule has 1 aliphatic heterocycles. The largest absolute Gasteiger partial charge is 0.479 e. The molecule has 6 heteroatoms. The molecule has 0 bridgehead atoms. The lowest BCUT2D eigenvalue weighted by molar-refractivity contribution is -0.158. The van der Waals surface area contributed by atoms with Crippen molar-refractivity contribution in [2.75, 3.05) is 19.7 Å². The lowest BCUT2D eigenvalue weighted by Gasteiger charge is -2.30. The number of pyridine rings is 1. The van der Waals surface area contributed by atoms with Gasteiger partial charge < -0.3 is 14.7 Å². The number of carboxylic acids is 1. The zero-order chi connectivity index (χ0) is 13.7. The molecule has 0 spiro atoms. The quantitative estimate of drug-likeness (QED) is 0.798. The number of carbonyl (C=O) groups is 2. The lowest BCUT2D eigenvalue weighted by Crippen LogP contribution is -2.48. The second-order valence-corrected chi connectivity index (χ2v) is 4.10. The van der Waals surface area contributed by atoms with E-state index in [2.05, 4.69) is 4.98 Å². The maximum atomic E-state index is 11.9. The van der Waals surface area contributed by atoms with Gasteiger partial charge in [0, 0.05) is 25.0 Å². The summed E-state index contributed by atoms with van der Waals surface area (Å²) in [4.78, 5) is 28.1. The third-order valence-electron chi connectivity index (χ3n) is 2.76. The molecule has 100 valence electrons. The van der Waals surface area contributed by atoms with E-state index in [1.165, 1.54) is 11.0 Å². The highest BCUT2D eigenvalue weighted by Crippen LogP contribution is 2.07. The molecule has 1 fully saturated rings. The molecule has 1 atom stereocenters. The second-order valence-electron chi connectivity index (χ2n) is 4.10. The molecule has 19 heavy (non-hydrogen) atoms. The normalized spacial score (nSPS) is 19.6. The van der Waals surface area contributed by atoms with Gasteiger partial charge >= 0.3 is 5.97 Å². The van der Waals surface area contributed by atoms with Crippen molar-refractivity contribution < 1.29 is 19.4 Å². The molecule has 0 aliphatic carbocycles. The van der Waals surface area contributed by atoms with Gasteiger partial charge in [-0.25, -0.2) is 4.79 Å². The number of aromatic nitrogens is 1. The first kappa shape index (κ1) is 13.2. The minimum Gasteiger partial charge on any atom is -0.479 e. The van der Waals surface area contributed by atoms with Gasteiger partial charge in [0.15, 0.2) is 6.10 Å². The number of aliphatic carboxylic acids is 1. The Bertz CT molecular complexity index is 487. The van der Waals surface area contributed by atoms with Crippen LogP contribution in [0.4, 0.5) is 0 Å². The van der Waals surface area contributed by atoms with Gasteiger partial charge in [-0.3, -0.25) is 9.78 Å². The molecule has 1 aliphatic rings. The zero-order valence-corrected chi connectivity index (χ0v) is 10.2. The molecule has 1 aromatic rings. The van der Waals surface area contributed by atoms with Crippen LogP contribution in [0, 0.1) is 0 Å². The Kier molecular flexibility index (Phi) is 4.25. The number of carbonyl (C=O) groups excluding carboxylic acids is 1. The van der Waals surface area contributed by atoms with E-state index < -0.39 is 12.1 Å². The molecule has 1 amide bonds. The van der Waals surface area contributed by atoms with E-state index >= 15 is 0 Å². The molecule has 0 saturated carbocycles. The topological polar surface area (TPSA) is 79.7 Å². The third-order valence-corrected chi connectivity index (χ3v) is 2.76. The maximum absolute atomic E-state index is 11.9. The molecule has 6 nitrogen and oxygen atoms in total. The Labute approximate surface area is 110 Å². The Hall–Kier alpha value is -2.21. The van der Waals surface area contributed by atoms with Crippen LogP contribution in [0.25, 0.3) is 6.08 Å². The Morgan fingerprint density at radius 3 is 3.05 bits per heavy atom. The standard InChI is InChI=1S/C13H14N2O4/c16-12(4-3-10-2-1-5-14-8-10)15-6-7-19-11(9-15)13(17)18/h1-5,8,11H,6-7,9H2,(H,17,18)/b4-3-/t11-/m1/s1. The smallest absolute Gasteiger partial charge is 0.334 e. The Morgan fingerprint density at radius 2 is 2.37 bits per heavy atom. The molecule has 2 rings (SSSR count). The SMILES string of the molecule is O=C(O)[C@H]1CN(C(=O)/C=C\c2cccnc2)CCO1. The summed E-state index contributed by atoms with van der Waals surface area (Å²) in [5.41, 5.74) is 0.818. The van der Waals surface area contributed by atoms with Gasteiger partial charge in [0.1, 0.15) is 0 Å². The van der Waals surface area contributed by atoms with E-state index in [-0.39, 0.29) is 19.1 Å². The predicted molar refractivity (Wildman–Crippen MR) is 67.2 cm³/mol. The Balaban J connectivity index is 1.96. The van der Waals surface area contributed by atoms with Crippen LogP contribution in [0.15, 0.2) is 30.6 Å². The van der Waals surface area contributed by atoms with Crippen LogP contribution >= 0.6 is 0 Å². The summed E-state index contributed by atoms with van der Waals surface area (Å²) in [6, 6.07) is 3.61. The van der Waals surface area contributed by atoms with Crippen LogP contribution in [-0.2, 0) is 14.3 Å². The lowest BCUT2D eigenvalue weighted by atomic mass is 10.2. The van der Waals surface area contributed by atoms with Crippen molar-refractivity contribution in [2.24, 2.45) is 0 Å². The van der Waals surface area contributed by atoms with Crippen molar-refractivity contribution in [1.29, 1.82) is 0 Å². The Morgan fingerprint density at radius 1 is 1.53 bits per heavy atom. The van der Waals surface area contributed by atoms with E-state index in [9.17, 15) is 9.59 Å². The molecule has 1 aromatic heterocycles. The minimum atomic E-state index is -1.05. The van der Waals surface area contributed by atoms with Crippen molar-refractivity contribution >= 4 is 18.0 Å². The van der Waals surface area contributed by atoms with E-state index in [4.69, 9.17) is 9.84 Å². The first-order chi connectivity index (χ1) is 9.16. The number of rotatable bonds is 3. The summed E-state index contributed by atoms with van der Waals surface area (Å²) < 4.78 is 5.06. The maximum Gasteiger partial charge on any atom is 0.334 e. The zero-order valence-electron chi connectivity index (χ0n) is 10.2. The van der Waals surface area contributed by atoms with Crippen LogP contribution in [0.5, 0.6) is 0 Å². The average Bonchev–Trinajstić information content (AvgIpc) is 2.46. The van der Waals surface area contributed by atoms with Crippen LogP contribution in [0.2, 0.25) is 0 Å². The van der Waals surface area contributed by atoms with E-state index in [0.29, 0.717) is 6.54 Å². The van der Waals surface area contributed by atoms with Crippen molar-refractivity contribution in [2.45, 2.75) is 6.10 Å². The van der Waals surface area contributed by atoms with E-state index in [1.54, 1.807) is 24.5 Å². The van der Waals surface area contributed by atoms with Gasteiger partial charge in [-0.2, -0.15) is 0 Å². The monoisotopic (exact) mass is 262 g/mol. The highest BCUT2D eigenvalue weighted by Gasteiger charge is 2.27. The summed E-state index contributed by atoms with van der Waals surface area (Å²) in [5, 5.41) is 8.86. The van der Waals surface area contributed by atoms with Crippen molar-refractivity contribution in [3.63, 3.8) is 0 Å². The van der Waals surface area contributed by atoms with Gasteiger partial charge in [-0.15, -0.1) is 0 Å². The fraction of sp³-hybridized carbons (Fsp3) is 0.308. The summed E-state index contributed by atoms with van der Waals surface area (Å²) in [6.45, 7) is 0.717. The number of carboxylic acid groups (broad SMARTS) is 1. The minimum absolute atomic E-state index is 0.0749. The molecular formula is C13H14N2O4. The van der Waals surface area contributed by atoms with Crippen molar-refractivity contribution in [3.8, 4) is 0 Å².